The zero-order chi connectivity index (χ0) is 27.5. The maximum absolute atomic E-state index is 13.8. The second kappa shape index (κ2) is 14.2. The second-order valence-electron chi connectivity index (χ2n) is 9.89. The molecule has 3 aromatic rings. The van der Waals surface area contributed by atoms with E-state index in [0.29, 0.717) is 23.7 Å². The van der Waals surface area contributed by atoms with Crippen LogP contribution < -0.4 is 19.5 Å². The van der Waals surface area contributed by atoms with E-state index >= 15 is 0 Å². The van der Waals surface area contributed by atoms with Gasteiger partial charge in [-0.3, -0.25) is 9.59 Å². The van der Waals surface area contributed by atoms with Crippen LogP contribution in [0.3, 0.4) is 0 Å². The lowest BCUT2D eigenvalue weighted by Gasteiger charge is -2.33. The number of nitrogens with one attached hydrogen (secondary N) is 1. The molecule has 0 heterocycles. The zero-order valence-electron chi connectivity index (χ0n) is 22.8. The molecule has 0 aromatic heterocycles. The average molecular weight is 531 g/mol. The summed E-state index contributed by atoms with van der Waals surface area (Å²) in [5.74, 6) is 1.55. The van der Waals surface area contributed by atoms with Crippen molar-refractivity contribution in [1.29, 1.82) is 0 Å². The number of benzene rings is 3. The third kappa shape index (κ3) is 8.24. The normalized spacial score (nSPS) is 14.2. The van der Waals surface area contributed by atoms with Crippen molar-refractivity contribution in [1.82, 2.24) is 10.2 Å². The van der Waals surface area contributed by atoms with Gasteiger partial charge in [-0.05, 0) is 60.4 Å². The molecule has 206 valence electrons. The molecule has 0 spiro atoms. The summed E-state index contributed by atoms with van der Waals surface area (Å²) in [6.45, 7) is 0.0515. The highest BCUT2D eigenvalue weighted by atomic mass is 16.5. The maximum atomic E-state index is 13.8. The van der Waals surface area contributed by atoms with Gasteiger partial charge in [0.15, 0.2) is 6.61 Å². The highest BCUT2D eigenvalue weighted by Gasteiger charge is 2.32. The topological polar surface area (TPSA) is 77.1 Å². The summed E-state index contributed by atoms with van der Waals surface area (Å²) in [5, 5.41) is 3.26. The van der Waals surface area contributed by atoms with Crippen molar-refractivity contribution in [3.63, 3.8) is 0 Å². The molecule has 7 heteroatoms. The van der Waals surface area contributed by atoms with Crippen LogP contribution in [0.4, 0.5) is 0 Å². The summed E-state index contributed by atoms with van der Waals surface area (Å²) in [7, 11) is 3.21. The summed E-state index contributed by atoms with van der Waals surface area (Å²) in [6, 6.07) is 23.9. The first-order chi connectivity index (χ1) is 19.1. The van der Waals surface area contributed by atoms with Crippen molar-refractivity contribution in [3.8, 4) is 17.2 Å². The summed E-state index contributed by atoms with van der Waals surface area (Å²) in [5.41, 5.74) is 1.86. The fraction of sp³-hybridized carbons (Fsp3) is 0.375. The van der Waals surface area contributed by atoms with Crippen molar-refractivity contribution in [2.75, 3.05) is 20.8 Å². The van der Waals surface area contributed by atoms with Crippen molar-refractivity contribution >= 4 is 11.8 Å². The monoisotopic (exact) mass is 530 g/mol. The molecule has 2 amide bonds. The zero-order valence-corrected chi connectivity index (χ0v) is 22.8. The molecule has 1 fully saturated rings. The highest BCUT2D eigenvalue weighted by molar-refractivity contribution is 5.88. The lowest BCUT2D eigenvalue weighted by Crippen LogP contribution is -2.53. The minimum Gasteiger partial charge on any atom is -0.497 e. The molecule has 0 radical (unpaired) electrons. The van der Waals surface area contributed by atoms with Crippen LogP contribution in [0.15, 0.2) is 78.9 Å². The Morgan fingerprint density at radius 2 is 1.49 bits per heavy atom. The molecule has 1 unspecified atom stereocenters. The Bertz CT molecular complexity index is 1190. The SMILES string of the molecule is COc1ccc(OCC(=O)N(Cc2cccc(OC)c2)C(Cc2ccccc2)C(=O)NC2CCCCC2)cc1. The molecule has 1 N–H and O–H groups in total. The Kier molecular flexibility index (Phi) is 10.2. The molecule has 1 aliphatic carbocycles. The number of rotatable bonds is 12. The largest absolute Gasteiger partial charge is 0.497 e. The van der Waals surface area contributed by atoms with E-state index in [1.54, 1.807) is 43.4 Å². The number of ether oxygens (including phenoxy) is 3. The molecular weight excluding hydrogens is 492 g/mol. The number of hydrogen-bond donors (Lipinski definition) is 1. The van der Waals surface area contributed by atoms with Crippen LogP contribution in [-0.4, -0.2) is 49.6 Å². The lowest BCUT2D eigenvalue weighted by atomic mass is 9.94. The first kappa shape index (κ1) is 28.0. The number of hydrogen-bond acceptors (Lipinski definition) is 5. The van der Waals surface area contributed by atoms with E-state index < -0.39 is 6.04 Å². The summed E-state index contributed by atoms with van der Waals surface area (Å²) in [4.78, 5) is 29.3. The van der Waals surface area contributed by atoms with Crippen LogP contribution in [0, 0.1) is 0 Å². The van der Waals surface area contributed by atoms with Gasteiger partial charge in [0.25, 0.3) is 5.91 Å². The molecule has 3 aromatic carbocycles. The van der Waals surface area contributed by atoms with Crippen LogP contribution in [0.2, 0.25) is 0 Å². The summed E-state index contributed by atoms with van der Waals surface area (Å²) >= 11 is 0. The van der Waals surface area contributed by atoms with Gasteiger partial charge in [-0.2, -0.15) is 0 Å². The van der Waals surface area contributed by atoms with E-state index in [1.165, 1.54) is 6.42 Å². The fourth-order valence-electron chi connectivity index (χ4n) is 4.97. The number of nitrogens with zero attached hydrogens (tertiary/aromatic N) is 1. The van der Waals surface area contributed by atoms with Gasteiger partial charge in [-0.1, -0.05) is 61.7 Å². The third-order valence-corrected chi connectivity index (χ3v) is 7.13. The quantitative estimate of drug-likeness (QED) is 0.350. The Morgan fingerprint density at radius 3 is 2.18 bits per heavy atom. The molecule has 1 aliphatic rings. The molecule has 0 bridgehead atoms. The van der Waals surface area contributed by atoms with E-state index in [1.807, 2.05) is 54.6 Å². The first-order valence-corrected chi connectivity index (χ1v) is 13.6. The molecule has 4 rings (SSSR count). The molecule has 0 aliphatic heterocycles. The van der Waals surface area contributed by atoms with Gasteiger partial charge in [0.05, 0.1) is 14.2 Å². The van der Waals surface area contributed by atoms with Crippen LogP contribution in [0.5, 0.6) is 17.2 Å². The molecule has 1 atom stereocenters. The number of methoxy groups -OCH3 is 2. The summed E-state index contributed by atoms with van der Waals surface area (Å²) in [6.07, 6.45) is 5.75. The van der Waals surface area contributed by atoms with E-state index in [2.05, 4.69) is 5.32 Å². The van der Waals surface area contributed by atoms with Crippen molar-refractivity contribution in [2.45, 2.75) is 57.2 Å². The Balaban J connectivity index is 1.60. The molecule has 0 saturated heterocycles. The van der Waals surface area contributed by atoms with Crippen molar-refractivity contribution in [3.05, 3.63) is 90.0 Å². The Morgan fingerprint density at radius 1 is 0.821 bits per heavy atom. The maximum Gasteiger partial charge on any atom is 0.261 e. The Hall–Kier alpha value is -4.00. The van der Waals surface area contributed by atoms with Gasteiger partial charge < -0.3 is 24.4 Å². The van der Waals surface area contributed by atoms with Gasteiger partial charge >= 0.3 is 0 Å². The van der Waals surface area contributed by atoms with Crippen molar-refractivity contribution in [2.24, 2.45) is 0 Å². The van der Waals surface area contributed by atoms with E-state index in [0.717, 1.165) is 36.8 Å². The first-order valence-electron chi connectivity index (χ1n) is 13.6. The van der Waals surface area contributed by atoms with E-state index in [9.17, 15) is 9.59 Å². The fourth-order valence-corrected chi connectivity index (χ4v) is 4.97. The van der Waals surface area contributed by atoms with E-state index in [-0.39, 0.29) is 31.0 Å². The molecule has 7 nitrogen and oxygen atoms in total. The van der Waals surface area contributed by atoms with Crippen LogP contribution in [-0.2, 0) is 22.6 Å². The molecule has 1 saturated carbocycles. The van der Waals surface area contributed by atoms with Gasteiger partial charge in [0, 0.05) is 19.0 Å². The minimum atomic E-state index is -0.701. The average Bonchev–Trinajstić information content (AvgIpc) is 2.99. The van der Waals surface area contributed by atoms with Gasteiger partial charge in [-0.15, -0.1) is 0 Å². The van der Waals surface area contributed by atoms with Crippen LogP contribution in [0.25, 0.3) is 0 Å². The minimum absolute atomic E-state index is 0.133. The standard InChI is InChI=1S/C32H38N2O5/c1-37-27-16-18-28(19-17-27)39-23-31(35)34(22-25-12-9-15-29(20-25)38-2)30(21-24-10-5-3-6-11-24)32(36)33-26-13-7-4-8-14-26/h3,5-6,9-12,15-20,26,30H,4,7-8,13-14,21-23H2,1-2H3,(H,33,36). The second-order valence-corrected chi connectivity index (χ2v) is 9.89. The Labute approximate surface area is 231 Å². The van der Waals surface area contributed by atoms with E-state index in [4.69, 9.17) is 14.2 Å². The van der Waals surface area contributed by atoms with Gasteiger partial charge in [0.2, 0.25) is 5.91 Å². The number of carbonyl (C=O) groups is 2. The number of carbonyl (C=O) groups excluding carboxylic acids is 2. The molecule has 39 heavy (non-hydrogen) atoms. The van der Waals surface area contributed by atoms with Gasteiger partial charge in [0.1, 0.15) is 23.3 Å². The summed E-state index contributed by atoms with van der Waals surface area (Å²) < 4.78 is 16.5. The molecular formula is C32H38N2O5. The van der Waals surface area contributed by atoms with Crippen molar-refractivity contribution < 1.29 is 23.8 Å². The third-order valence-electron chi connectivity index (χ3n) is 7.13. The van der Waals surface area contributed by atoms with Crippen LogP contribution in [0.1, 0.15) is 43.2 Å². The lowest BCUT2D eigenvalue weighted by molar-refractivity contribution is -0.143. The smallest absolute Gasteiger partial charge is 0.261 e. The predicted molar refractivity (Wildman–Crippen MR) is 151 cm³/mol. The van der Waals surface area contributed by atoms with Gasteiger partial charge in [-0.25, -0.2) is 0 Å². The predicted octanol–water partition coefficient (Wildman–Crippen LogP) is 5.17. The number of amides is 2. The van der Waals surface area contributed by atoms with Crippen LogP contribution >= 0.6 is 0 Å². The highest BCUT2D eigenvalue weighted by Crippen LogP contribution is 2.22.